The molecule has 29 heavy (non-hydrogen) atoms. The molecule has 0 spiro atoms. The highest BCUT2D eigenvalue weighted by atomic mass is 16.6. The maximum absolute atomic E-state index is 12.9. The first-order chi connectivity index (χ1) is 13.5. The van der Waals surface area contributed by atoms with Crippen LogP contribution in [0.1, 0.15) is 65.9 Å². The standard InChI is InChI=1S/C23H33N3O3/c1-22(2,3)29-21(28)25-18(14-20(27)26-13-9-12-19(26)16-24)15-23(4,5)17-10-7-6-8-11-17/h6-8,10-11,18-19H,9,12-15H2,1-5H3,(H,25,28)/t18?,19-/m0/s1. The molecule has 0 saturated carbocycles. The fraction of sp³-hybridized carbons (Fsp3) is 0.609. The van der Waals surface area contributed by atoms with E-state index in [0.29, 0.717) is 19.4 Å². The van der Waals surface area contributed by atoms with Crippen LogP contribution < -0.4 is 5.32 Å². The largest absolute Gasteiger partial charge is 0.444 e. The van der Waals surface area contributed by atoms with Gasteiger partial charge >= 0.3 is 6.09 Å². The highest BCUT2D eigenvalue weighted by molar-refractivity contribution is 5.79. The molecule has 1 N–H and O–H groups in total. The van der Waals surface area contributed by atoms with E-state index in [1.54, 1.807) is 4.90 Å². The smallest absolute Gasteiger partial charge is 0.407 e. The Bertz CT molecular complexity index is 747. The van der Waals surface area contributed by atoms with Gasteiger partial charge in [0.15, 0.2) is 0 Å². The zero-order valence-electron chi connectivity index (χ0n) is 18.2. The van der Waals surface area contributed by atoms with Gasteiger partial charge in [0.25, 0.3) is 0 Å². The second kappa shape index (κ2) is 9.30. The number of hydrogen-bond acceptors (Lipinski definition) is 4. The van der Waals surface area contributed by atoms with E-state index in [1.807, 2.05) is 39.0 Å². The SMILES string of the molecule is CC(C)(C)OC(=O)NC(CC(=O)N1CCC[C@H]1C#N)CC(C)(C)c1ccccc1. The lowest BCUT2D eigenvalue weighted by atomic mass is 9.78. The molecule has 2 amide bonds. The molecule has 1 unspecified atom stereocenters. The molecule has 158 valence electrons. The molecular formula is C23H33N3O3. The lowest BCUT2D eigenvalue weighted by Crippen LogP contribution is -2.45. The van der Waals surface area contributed by atoms with Crippen LogP contribution in [-0.4, -0.2) is 41.1 Å². The van der Waals surface area contributed by atoms with Crippen molar-refractivity contribution in [3.8, 4) is 6.07 Å². The number of likely N-dealkylation sites (tertiary alicyclic amines) is 1. The van der Waals surface area contributed by atoms with Crippen molar-refractivity contribution >= 4 is 12.0 Å². The molecule has 6 heteroatoms. The summed E-state index contributed by atoms with van der Waals surface area (Å²) in [4.78, 5) is 26.9. The Morgan fingerprint density at radius 2 is 1.90 bits per heavy atom. The molecule has 6 nitrogen and oxygen atoms in total. The number of carbonyl (C=O) groups is 2. The van der Waals surface area contributed by atoms with Gasteiger partial charge in [-0.3, -0.25) is 4.79 Å². The number of alkyl carbamates (subject to hydrolysis) is 1. The van der Waals surface area contributed by atoms with Crippen molar-refractivity contribution in [3.05, 3.63) is 35.9 Å². The quantitative estimate of drug-likeness (QED) is 0.779. The molecule has 1 aromatic rings. The Morgan fingerprint density at radius 1 is 1.24 bits per heavy atom. The molecule has 1 aliphatic heterocycles. The second-order valence-electron chi connectivity index (χ2n) is 9.38. The summed E-state index contributed by atoms with van der Waals surface area (Å²) < 4.78 is 5.41. The molecule has 0 aromatic heterocycles. The van der Waals surface area contributed by atoms with E-state index in [1.165, 1.54) is 0 Å². The monoisotopic (exact) mass is 399 g/mol. The van der Waals surface area contributed by atoms with Gasteiger partial charge in [-0.2, -0.15) is 5.26 Å². The maximum atomic E-state index is 12.9. The Kier molecular flexibility index (Phi) is 7.29. The lowest BCUT2D eigenvalue weighted by Gasteiger charge is -2.32. The predicted molar refractivity (Wildman–Crippen MR) is 112 cm³/mol. The molecule has 1 aromatic carbocycles. The summed E-state index contributed by atoms with van der Waals surface area (Å²) >= 11 is 0. The van der Waals surface area contributed by atoms with Gasteiger partial charge in [0, 0.05) is 19.0 Å². The average molecular weight is 400 g/mol. The number of nitrogens with one attached hydrogen (secondary N) is 1. The summed E-state index contributed by atoms with van der Waals surface area (Å²) in [5.41, 5.74) is 0.273. The Balaban J connectivity index is 2.15. The van der Waals surface area contributed by atoms with Crippen LogP contribution in [0.5, 0.6) is 0 Å². The molecule has 0 bridgehead atoms. The van der Waals surface area contributed by atoms with Gasteiger partial charge in [-0.25, -0.2) is 4.79 Å². The number of benzene rings is 1. The van der Waals surface area contributed by atoms with Crippen molar-refractivity contribution in [2.75, 3.05) is 6.54 Å². The Morgan fingerprint density at radius 3 is 2.48 bits per heavy atom. The van der Waals surface area contributed by atoms with Gasteiger partial charge in [0.2, 0.25) is 5.91 Å². The minimum Gasteiger partial charge on any atom is -0.444 e. The number of rotatable bonds is 6. The van der Waals surface area contributed by atoms with Crippen LogP contribution in [0.3, 0.4) is 0 Å². The van der Waals surface area contributed by atoms with Crippen LogP contribution in [0.4, 0.5) is 4.79 Å². The number of amides is 2. The summed E-state index contributed by atoms with van der Waals surface area (Å²) in [6, 6.07) is 11.5. The molecule has 1 aliphatic rings. The van der Waals surface area contributed by atoms with Gasteiger partial charge in [0.1, 0.15) is 11.6 Å². The van der Waals surface area contributed by atoms with Crippen molar-refractivity contribution in [1.29, 1.82) is 5.26 Å². The minimum atomic E-state index is -0.617. The van der Waals surface area contributed by atoms with E-state index >= 15 is 0 Å². The van der Waals surface area contributed by atoms with Gasteiger partial charge in [-0.05, 0) is 51.0 Å². The van der Waals surface area contributed by atoms with Crippen LogP contribution in [-0.2, 0) is 14.9 Å². The van der Waals surface area contributed by atoms with E-state index < -0.39 is 17.7 Å². The third kappa shape index (κ3) is 6.77. The summed E-state index contributed by atoms with van der Waals surface area (Å²) in [5, 5.41) is 12.2. The summed E-state index contributed by atoms with van der Waals surface area (Å²) in [5.74, 6) is -0.0982. The van der Waals surface area contributed by atoms with E-state index in [0.717, 1.165) is 12.0 Å². The van der Waals surface area contributed by atoms with E-state index in [2.05, 4.69) is 37.4 Å². The van der Waals surface area contributed by atoms with Crippen LogP contribution >= 0.6 is 0 Å². The van der Waals surface area contributed by atoms with Crippen molar-refractivity contribution in [2.24, 2.45) is 0 Å². The number of carbonyl (C=O) groups excluding carboxylic acids is 2. The van der Waals surface area contributed by atoms with Crippen LogP contribution in [0.25, 0.3) is 0 Å². The fourth-order valence-electron chi connectivity index (χ4n) is 3.80. The van der Waals surface area contributed by atoms with E-state index in [4.69, 9.17) is 4.74 Å². The molecule has 2 rings (SSSR count). The first-order valence-electron chi connectivity index (χ1n) is 10.3. The number of hydrogen-bond donors (Lipinski definition) is 1. The third-order valence-corrected chi connectivity index (χ3v) is 5.18. The zero-order valence-corrected chi connectivity index (χ0v) is 18.2. The van der Waals surface area contributed by atoms with Gasteiger partial charge in [0.05, 0.1) is 6.07 Å². The molecule has 1 saturated heterocycles. The maximum Gasteiger partial charge on any atom is 0.407 e. The first-order valence-corrected chi connectivity index (χ1v) is 10.3. The topological polar surface area (TPSA) is 82.4 Å². The number of nitriles is 1. The fourth-order valence-corrected chi connectivity index (χ4v) is 3.80. The van der Waals surface area contributed by atoms with Crippen molar-refractivity contribution in [2.45, 2.75) is 83.4 Å². The van der Waals surface area contributed by atoms with Crippen molar-refractivity contribution in [3.63, 3.8) is 0 Å². The lowest BCUT2D eigenvalue weighted by molar-refractivity contribution is -0.131. The molecular weight excluding hydrogens is 366 g/mol. The highest BCUT2D eigenvalue weighted by Gasteiger charge is 2.33. The van der Waals surface area contributed by atoms with Gasteiger partial charge in [-0.15, -0.1) is 0 Å². The molecule has 1 heterocycles. The number of ether oxygens (including phenoxy) is 1. The molecule has 0 aliphatic carbocycles. The zero-order chi connectivity index (χ0) is 21.7. The first kappa shape index (κ1) is 22.7. The summed E-state index contributed by atoms with van der Waals surface area (Å²) in [6.07, 6.45) is 1.74. The third-order valence-electron chi connectivity index (χ3n) is 5.18. The van der Waals surface area contributed by atoms with Crippen LogP contribution in [0.15, 0.2) is 30.3 Å². The van der Waals surface area contributed by atoms with Gasteiger partial charge in [-0.1, -0.05) is 44.2 Å². The minimum absolute atomic E-state index is 0.0982. The highest BCUT2D eigenvalue weighted by Crippen LogP contribution is 2.30. The number of nitrogens with zero attached hydrogens (tertiary/aromatic N) is 2. The molecule has 1 fully saturated rings. The van der Waals surface area contributed by atoms with Crippen LogP contribution in [0, 0.1) is 11.3 Å². The van der Waals surface area contributed by atoms with Crippen LogP contribution in [0.2, 0.25) is 0 Å². The Hall–Kier alpha value is -2.55. The molecule has 0 radical (unpaired) electrons. The Labute approximate surface area is 174 Å². The second-order valence-corrected chi connectivity index (χ2v) is 9.38. The van der Waals surface area contributed by atoms with Gasteiger partial charge < -0.3 is 15.0 Å². The average Bonchev–Trinajstić information content (AvgIpc) is 3.09. The summed E-state index contributed by atoms with van der Waals surface area (Å²) in [6.45, 7) is 10.2. The molecule has 2 atom stereocenters. The van der Waals surface area contributed by atoms with E-state index in [9.17, 15) is 14.9 Å². The summed E-state index contributed by atoms with van der Waals surface area (Å²) in [7, 11) is 0. The van der Waals surface area contributed by atoms with Crippen molar-refractivity contribution in [1.82, 2.24) is 10.2 Å². The normalized spacial score (nSPS) is 18.1. The van der Waals surface area contributed by atoms with E-state index in [-0.39, 0.29) is 23.8 Å². The van der Waals surface area contributed by atoms with Crippen molar-refractivity contribution < 1.29 is 14.3 Å². The predicted octanol–water partition coefficient (Wildman–Crippen LogP) is 4.15.